The van der Waals surface area contributed by atoms with Crippen LogP contribution >= 0.6 is 0 Å². The average molecular weight is 242 g/mol. The number of hydrogen-bond donors (Lipinski definition) is 3. The van der Waals surface area contributed by atoms with E-state index in [0.717, 1.165) is 0 Å². The minimum absolute atomic E-state index is 0. The molecule has 0 aromatic rings. The molecule has 1 unspecified atom stereocenters. The van der Waals surface area contributed by atoms with Crippen molar-refractivity contribution in [3.8, 4) is 0 Å². The van der Waals surface area contributed by atoms with Crippen molar-refractivity contribution in [2.24, 2.45) is 0 Å². The van der Waals surface area contributed by atoms with Crippen LogP contribution in [-0.2, 0) is 11.4 Å². The summed E-state index contributed by atoms with van der Waals surface area (Å²) in [4.78, 5) is 8.44. The average Bonchev–Trinajstić information content (AvgIpc) is 1.25. The molecule has 0 rings (SSSR count). The molecule has 0 spiro atoms. The summed E-state index contributed by atoms with van der Waals surface area (Å²) in [5.74, 6) is 0. The summed E-state index contributed by atoms with van der Waals surface area (Å²) < 4.78 is 24.1. The predicted octanol–water partition coefficient (Wildman–Crippen LogP) is -10.4. The largest absolute Gasteiger partial charge is 1.00 e. The maximum Gasteiger partial charge on any atom is 1.00 e. The maximum atomic E-state index is 8.56. The summed E-state index contributed by atoms with van der Waals surface area (Å²) in [6.07, 6.45) is -2.08. The van der Waals surface area contributed by atoms with Gasteiger partial charge in [-0.3, -0.25) is 0 Å². The van der Waals surface area contributed by atoms with Gasteiger partial charge < -0.3 is 42.7 Å². The molecule has 66 valence electrons. The molecule has 0 saturated carbocycles. The third-order valence-electron chi connectivity index (χ3n) is 0. The first-order chi connectivity index (χ1) is 3.46. The van der Waals surface area contributed by atoms with Gasteiger partial charge in [-0.2, -0.15) is 0 Å². The molecule has 0 bridgehead atoms. The van der Waals surface area contributed by atoms with Gasteiger partial charge in [-0.15, -0.1) is 0 Å². The zero-order valence-electron chi connectivity index (χ0n) is 6.81. The summed E-state index contributed by atoms with van der Waals surface area (Å²) in [7, 11) is 0. The summed E-state index contributed by atoms with van der Waals surface area (Å²) in [5, 5.41) is 15.3. The van der Waals surface area contributed by atoms with Gasteiger partial charge in [0.05, 0.1) is 11.4 Å². The van der Waals surface area contributed by atoms with Gasteiger partial charge in [-0.25, -0.2) is 4.21 Å². The molecule has 0 saturated heterocycles. The van der Waals surface area contributed by atoms with Gasteiger partial charge in [0.15, 0.2) is 0 Å². The molecule has 6 N–H and O–H groups in total. The molecule has 1 atom stereocenters. The van der Waals surface area contributed by atoms with Crippen LogP contribution in [0, 0.1) is 0 Å². The van der Waals surface area contributed by atoms with Crippen LogP contribution in [0.2, 0.25) is 0 Å². The molecule has 0 aliphatic carbocycles. The Morgan fingerprint density at radius 3 is 1.33 bits per heavy atom. The fraction of sp³-hybridized carbons (Fsp3) is 0. The smallest absolute Gasteiger partial charge is 1.00 e. The van der Waals surface area contributed by atoms with Crippen molar-refractivity contribution in [1.29, 1.82) is 0 Å². The van der Waals surface area contributed by atoms with Crippen LogP contribution < -0.4 is 82.8 Å². The molecular formula is CH6ClNNa2O6S. The van der Waals surface area contributed by atoms with Gasteiger partial charge >= 0.3 is 59.1 Å². The van der Waals surface area contributed by atoms with Gasteiger partial charge in [-0.05, 0) is 0 Å². The minimum Gasteiger partial charge on any atom is -1.00 e. The number of quaternary nitrogens is 1. The number of carboxylic acid groups (broad SMARTS) is 2. The second kappa shape index (κ2) is 29.4. The van der Waals surface area contributed by atoms with E-state index in [-0.39, 0.29) is 77.7 Å². The van der Waals surface area contributed by atoms with Crippen LogP contribution in [0.25, 0.3) is 0 Å². The normalized spacial score (nSPS) is 7.17. The van der Waals surface area contributed by atoms with E-state index < -0.39 is 17.5 Å². The van der Waals surface area contributed by atoms with Crippen molar-refractivity contribution in [3.63, 3.8) is 0 Å². The summed E-state index contributed by atoms with van der Waals surface area (Å²) in [5.41, 5.74) is 0. The monoisotopic (exact) mass is 241 g/mol. The molecule has 0 amide bonds. The number of rotatable bonds is 0. The maximum absolute atomic E-state index is 8.56. The van der Waals surface area contributed by atoms with Crippen LogP contribution in [0.3, 0.4) is 0 Å². The Kier molecular flexibility index (Phi) is 91.5. The van der Waals surface area contributed by atoms with Gasteiger partial charge in [-0.1, -0.05) is 0 Å². The molecule has 12 heavy (non-hydrogen) atoms. The zero-order valence-corrected chi connectivity index (χ0v) is 12.4. The van der Waals surface area contributed by atoms with E-state index in [2.05, 4.69) is 0 Å². The van der Waals surface area contributed by atoms with Crippen LogP contribution in [0.15, 0.2) is 0 Å². The fourth-order valence-electron chi connectivity index (χ4n) is 0. The van der Waals surface area contributed by atoms with E-state index in [0.29, 0.717) is 0 Å². The Hall–Kier alpha value is 1.59. The van der Waals surface area contributed by atoms with Crippen LogP contribution in [0.4, 0.5) is 4.79 Å². The van der Waals surface area contributed by atoms with Crippen molar-refractivity contribution < 1.29 is 99.8 Å². The molecule has 0 fully saturated rings. The third kappa shape index (κ3) is 514. The SMILES string of the molecule is O=C([O-])O.O=S([O-])O.[Cl-].[NH4+].[Na+].[Na+]. The Labute approximate surface area is 122 Å². The molecule has 0 aromatic heterocycles. The molecule has 0 aromatic carbocycles. The first-order valence-electron chi connectivity index (χ1n) is 1.15. The van der Waals surface area contributed by atoms with Gasteiger partial charge in [0.1, 0.15) is 0 Å². The predicted molar refractivity (Wildman–Crippen MR) is 25.6 cm³/mol. The van der Waals surface area contributed by atoms with E-state index in [1.165, 1.54) is 0 Å². The number of halogens is 1. The standard InChI is InChI=1S/CH2O3.ClH.H3N.2Na.H2O3S/c2-1(3)4;;;;;1-4(2)3/h(H2,2,3,4);1H;1H3;;;(H2,1,2,3)/q;;;2*+1;/p-2. The summed E-state index contributed by atoms with van der Waals surface area (Å²) in [6, 6.07) is 0. The van der Waals surface area contributed by atoms with E-state index in [1.807, 2.05) is 0 Å². The van der Waals surface area contributed by atoms with Crippen molar-refractivity contribution in [3.05, 3.63) is 0 Å². The molecule has 0 aliphatic rings. The first kappa shape index (κ1) is 37.4. The first-order valence-corrected chi connectivity index (χ1v) is 2.18. The Bertz CT molecular complexity index is 83.5. The molecule has 0 heterocycles. The Morgan fingerprint density at radius 2 is 1.33 bits per heavy atom. The van der Waals surface area contributed by atoms with Gasteiger partial charge in [0, 0.05) is 0 Å². The summed E-state index contributed by atoms with van der Waals surface area (Å²) in [6.45, 7) is 0. The number of hydrogen-bond acceptors (Lipinski definition) is 4. The summed E-state index contributed by atoms with van der Waals surface area (Å²) >= 11 is -2.86. The molecular weight excluding hydrogens is 236 g/mol. The quantitative estimate of drug-likeness (QED) is 0.282. The van der Waals surface area contributed by atoms with Gasteiger partial charge in [0.2, 0.25) is 6.16 Å². The van der Waals surface area contributed by atoms with Crippen molar-refractivity contribution in [2.45, 2.75) is 0 Å². The topological polar surface area (TPSA) is 157 Å². The van der Waals surface area contributed by atoms with Crippen molar-refractivity contribution in [1.82, 2.24) is 6.15 Å². The Balaban J connectivity index is -0.0000000112. The molecule has 11 heteroatoms. The van der Waals surface area contributed by atoms with Crippen LogP contribution in [-0.4, -0.2) is 24.6 Å². The van der Waals surface area contributed by atoms with E-state index >= 15 is 0 Å². The second-order valence-corrected chi connectivity index (χ2v) is 0.917. The Morgan fingerprint density at radius 1 is 1.33 bits per heavy atom. The van der Waals surface area contributed by atoms with Crippen molar-refractivity contribution >= 4 is 17.5 Å². The van der Waals surface area contributed by atoms with E-state index in [4.69, 9.17) is 28.3 Å². The fourth-order valence-corrected chi connectivity index (χ4v) is 0. The van der Waals surface area contributed by atoms with E-state index in [1.54, 1.807) is 0 Å². The van der Waals surface area contributed by atoms with E-state index in [9.17, 15) is 0 Å². The molecule has 7 nitrogen and oxygen atoms in total. The van der Waals surface area contributed by atoms with Crippen LogP contribution in [0.1, 0.15) is 0 Å². The second-order valence-electron chi connectivity index (χ2n) is 0.483. The molecule has 0 aliphatic heterocycles. The van der Waals surface area contributed by atoms with Gasteiger partial charge in [0.25, 0.3) is 0 Å². The third-order valence-corrected chi connectivity index (χ3v) is 0. The molecule has 0 radical (unpaired) electrons. The number of carbonyl (C=O) groups is 1. The van der Waals surface area contributed by atoms with Crippen LogP contribution in [0.5, 0.6) is 0 Å². The van der Waals surface area contributed by atoms with Crippen molar-refractivity contribution in [2.75, 3.05) is 0 Å². The minimum atomic E-state index is -2.86. The zero-order chi connectivity index (χ0) is 7.15.